The van der Waals surface area contributed by atoms with Crippen molar-refractivity contribution in [1.82, 2.24) is 4.90 Å². The van der Waals surface area contributed by atoms with E-state index in [9.17, 15) is 0 Å². The topological polar surface area (TPSA) is 3.24 Å². The monoisotopic (exact) mass is 191 g/mol. The molecule has 0 saturated carbocycles. The minimum atomic E-state index is 1.06. The molecule has 1 heteroatoms. The van der Waals surface area contributed by atoms with Crippen molar-refractivity contribution in [2.45, 2.75) is 33.2 Å². The van der Waals surface area contributed by atoms with E-state index in [2.05, 4.69) is 50.1 Å². The third-order valence-corrected chi connectivity index (χ3v) is 2.55. The first-order valence-electron chi connectivity index (χ1n) is 5.52. The Bertz CT molecular complexity index is 250. The molecular formula is C13H21N. The highest BCUT2D eigenvalue weighted by atomic mass is 15.1. The Morgan fingerprint density at radius 2 is 1.57 bits per heavy atom. The van der Waals surface area contributed by atoms with Gasteiger partial charge in [-0.1, -0.05) is 44.5 Å². The van der Waals surface area contributed by atoms with E-state index in [0.29, 0.717) is 0 Å². The summed E-state index contributed by atoms with van der Waals surface area (Å²) in [5, 5.41) is 0. The SMILES string of the molecule is CCCc1ccc(CN(C)CC)cc1. The van der Waals surface area contributed by atoms with Gasteiger partial charge in [-0.2, -0.15) is 0 Å². The largest absolute Gasteiger partial charge is 0.302 e. The lowest BCUT2D eigenvalue weighted by Gasteiger charge is -2.13. The maximum atomic E-state index is 2.31. The summed E-state index contributed by atoms with van der Waals surface area (Å²) in [4.78, 5) is 2.31. The highest BCUT2D eigenvalue weighted by molar-refractivity contribution is 5.22. The Morgan fingerprint density at radius 1 is 1.00 bits per heavy atom. The normalized spacial score (nSPS) is 10.9. The molecule has 1 nitrogen and oxygen atoms in total. The fraction of sp³-hybridized carbons (Fsp3) is 0.538. The first-order chi connectivity index (χ1) is 6.76. The summed E-state index contributed by atoms with van der Waals surface area (Å²) in [6.45, 7) is 6.57. The number of benzene rings is 1. The minimum absolute atomic E-state index is 1.06. The molecule has 0 atom stereocenters. The third kappa shape index (κ3) is 3.51. The van der Waals surface area contributed by atoms with E-state index in [-0.39, 0.29) is 0 Å². The van der Waals surface area contributed by atoms with Crippen molar-refractivity contribution in [2.75, 3.05) is 13.6 Å². The first kappa shape index (κ1) is 11.3. The number of nitrogens with zero attached hydrogens (tertiary/aromatic N) is 1. The molecule has 0 radical (unpaired) electrons. The van der Waals surface area contributed by atoms with E-state index >= 15 is 0 Å². The summed E-state index contributed by atoms with van der Waals surface area (Å²) < 4.78 is 0. The van der Waals surface area contributed by atoms with Crippen LogP contribution in [0, 0.1) is 0 Å². The van der Waals surface area contributed by atoms with Crippen LogP contribution < -0.4 is 0 Å². The number of aryl methyl sites for hydroxylation is 1. The number of hydrogen-bond acceptors (Lipinski definition) is 1. The van der Waals surface area contributed by atoms with Gasteiger partial charge in [0.05, 0.1) is 0 Å². The van der Waals surface area contributed by atoms with Crippen LogP contribution >= 0.6 is 0 Å². The van der Waals surface area contributed by atoms with Gasteiger partial charge in [0.1, 0.15) is 0 Å². The van der Waals surface area contributed by atoms with E-state index < -0.39 is 0 Å². The molecule has 78 valence electrons. The predicted octanol–water partition coefficient (Wildman–Crippen LogP) is 3.09. The molecule has 0 aliphatic rings. The van der Waals surface area contributed by atoms with Crippen molar-refractivity contribution in [3.8, 4) is 0 Å². The third-order valence-electron chi connectivity index (χ3n) is 2.55. The van der Waals surface area contributed by atoms with Gasteiger partial charge >= 0.3 is 0 Å². The lowest BCUT2D eigenvalue weighted by atomic mass is 10.1. The highest BCUT2D eigenvalue weighted by Gasteiger charge is 1.97. The molecule has 1 aromatic carbocycles. The second-order valence-corrected chi connectivity index (χ2v) is 3.90. The minimum Gasteiger partial charge on any atom is -0.302 e. The second-order valence-electron chi connectivity index (χ2n) is 3.90. The number of hydrogen-bond donors (Lipinski definition) is 0. The fourth-order valence-corrected chi connectivity index (χ4v) is 1.52. The van der Waals surface area contributed by atoms with Crippen LogP contribution in [0.15, 0.2) is 24.3 Å². The van der Waals surface area contributed by atoms with Crippen molar-refractivity contribution >= 4 is 0 Å². The van der Waals surface area contributed by atoms with Crippen LogP contribution in [-0.2, 0) is 13.0 Å². The summed E-state index contributed by atoms with van der Waals surface area (Å²) in [6.07, 6.45) is 2.43. The molecule has 0 aromatic heterocycles. The quantitative estimate of drug-likeness (QED) is 0.691. The summed E-state index contributed by atoms with van der Waals surface area (Å²) >= 11 is 0. The van der Waals surface area contributed by atoms with Crippen molar-refractivity contribution in [3.63, 3.8) is 0 Å². The maximum Gasteiger partial charge on any atom is 0.0230 e. The molecular weight excluding hydrogens is 170 g/mol. The average molecular weight is 191 g/mol. The van der Waals surface area contributed by atoms with Gasteiger partial charge in [-0.25, -0.2) is 0 Å². The first-order valence-corrected chi connectivity index (χ1v) is 5.52. The zero-order valence-electron chi connectivity index (χ0n) is 9.59. The zero-order valence-corrected chi connectivity index (χ0v) is 9.59. The molecule has 0 saturated heterocycles. The van der Waals surface area contributed by atoms with E-state index in [1.165, 1.54) is 24.0 Å². The number of rotatable bonds is 5. The summed E-state index contributed by atoms with van der Waals surface area (Å²) in [5.41, 5.74) is 2.87. The lowest BCUT2D eigenvalue weighted by Crippen LogP contribution is -2.16. The van der Waals surface area contributed by atoms with E-state index in [0.717, 1.165) is 13.1 Å². The van der Waals surface area contributed by atoms with Crippen LogP contribution in [0.3, 0.4) is 0 Å². The Morgan fingerprint density at radius 3 is 2.07 bits per heavy atom. The van der Waals surface area contributed by atoms with Gasteiger partial charge in [0.25, 0.3) is 0 Å². The molecule has 0 N–H and O–H groups in total. The predicted molar refractivity (Wildman–Crippen MR) is 62.4 cm³/mol. The van der Waals surface area contributed by atoms with Crippen molar-refractivity contribution in [2.24, 2.45) is 0 Å². The van der Waals surface area contributed by atoms with Crippen LogP contribution in [0.1, 0.15) is 31.4 Å². The van der Waals surface area contributed by atoms with E-state index in [1.54, 1.807) is 0 Å². The Kier molecular flexibility index (Phi) is 4.68. The molecule has 0 bridgehead atoms. The van der Waals surface area contributed by atoms with Crippen molar-refractivity contribution in [1.29, 1.82) is 0 Å². The van der Waals surface area contributed by atoms with E-state index in [4.69, 9.17) is 0 Å². The molecule has 0 amide bonds. The van der Waals surface area contributed by atoms with Crippen LogP contribution in [0.2, 0.25) is 0 Å². The highest BCUT2D eigenvalue weighted by Crippen LogP contribution is 2.08. The smallest absolute Gasteiger partial charge is 0.0230 e. The molecule has 14 heavy (non-hydrogen) atoms. The Balaban J connectivity index is 2.54. The molecule has 0 heterocycles. The van der Waals surface area contributed by atoms with Gasteiger partial charge in [-0.05, 0) is 31.1 Å². The average Bonchev–Trinajstić information content (AvgIpc) is 2.21. The van der Waals surface area contributed by atoms with Gasteiger partial charge < -0.3 is 4.90 Å². The summed E-state index contributed by atoms with van der Waals surface area (Å²) in [5.74, 6) is 0. The van der Waals surface area contributed by atoms with Gasteiger partial charge in [0.2, 0.25) is 0 Å². The Hall–Kier alpha value is -0.820. The standard InChI is InChI=1S/C13H21N/c1-4-6-12-7-9-13(10-8-12)11-14(3)5-2/h7-10H,4-6,11H2,1-3H3. The molecule has 0 spiro atoms. The lowest BCUT2D eigenvalue weighted by molar-refractivity contribution is 0.346. The fourth-order valence-electron chi connectivity index (χ4n) is 1.52. The van der Waals surface area contributed by atoms with Gasteiger partial charge in [0.15, 0.2) is 0 Å². The van der Waals surface area contributed by atoms with Crippen LogP contribution in [0.25, 0.3) is 0 Å². The molecule has 1 aromatic rings. The Labute approximate surface area is 87.7 Å². The van der Waals surface area contributed by atoms with Crippen LogP contribution in [-0.4, -0.2) is 18.5 Å². The second kappa shape index (κ2) is 5.82. The molecule has 1 rings (SSSR count). The van der Waals surface area contributed by atoms with Crippen LogP contribution in [0.5, 0.6) is 0 Å². The molecule has 0 aliphatic carbocycles. The van der Waals surface area contributed by atoms with Gasteiger partial charge in [-0.15, -0.1) is 0 Å². The zero-order chi connectivity index (χ0) is 10.4. The van der Waals surface area contributed by atoms with Crippen LogP contribution in [0.4, 0.5) is 0 Å². The van der Waals surface area contributed by atoms with Crippen molar-refractivity contribution < 1.29 is 0 Å². The van der Waals surface area contributed by atoms with Gasteiger partial charge in [0, 0.05) is 6.54 Å². The summed E-state index contributed by atoms with van der Waals surface area (Å²) in [6, 6.07) is 9.00. The molecule has 0 aliphatic heterocycles. The van der Waals surface area contributed by atoms with Gasteiger partial charge in [-0.3, -0.25) is 0 Å². The van der Waals surface area contributed by atoms with E-state index in [1.807, 2.05) is 0 Å². The summed E-state index contributed by atoms with van der Waals surface area (Å²) in [7, 11) is 2.15. The van der Waals surface area contributed by atoms with Crippen molar-refractivity contribution in [3.05, 3.63) is 35.4 Å². The molecule has 0 fully saturated rings. The molecule has 0 unspecified atom stereocenters. The maximum absolute atomic E-state index is 2.31.